The summed E-state index contributed by atoms with van der Waals surface area (Å²) >= 11 is 0. The molecule has 0 aromatic rings. The highest BCUT2D eigenvalue weighted by Gasteiger charge is 2.19. The second-order valence-corrected chi connectivity index (χ2v) is 22.7. The highest BCUT2D eigenvalue weighted by atomic mass is 16.6. The van der Waals surface area contributed by atoms with E-state index in [4.69, 9.17) is 14.2 Å². The Balaban J connectivity index is 4.29. The zero-order chi connectivity index (χ0) is 58.5. The van der Waals surface area contributed by atoms with Crippen LogP contribution in [0.3, 0.4) is 0 Å². The maximum atomic E-state index is 12.9. The van der Waals surface area contributed by atoms with Crippen LogP contribution < -0.4 is 0 Å². The van der Waals surface area contributed by atoms with Gasteiger partial charge in [-0.15, -0.1) is 0 Å². The maximum absolute atomic E-state index is 12.9. The first-order valence-electron chi connectivity index (χ1n) is 34.4. The van der Waals surface area contributed by atoms with E-state index in [1.54, 1.807) is 0 Å². The lowest BCUT2D eigenvalue weighted by Crippen LogP contribution is -2.30. The predicted octanol–water partition coefficient (Wildman–Crippen LogP) is 23.8. The Morgan fingerprint density at radius 2 is 0.481 bits per heavy atom. The molecule has 0 saturated heterocycles. The molecule has 0 radical (unpaired) electrons. The molecule has 0 rings (SSSR count). The lowest BCUT2D eigenvalue weighted by Gasteiger charge is -2.18. The largest absolute Gasteiger partial charge is 0.462 e. The lowest BCUT2D eigenvalue weighted by molar-refractivity contribution is -0.167. The van der Waals surface area contributed by atoms with Gasteiger partial charge in [0, 0.05) is 19.3 Å². The van der Waals surface area contributed by atoms with Gasteiger partial charge in [0.2, 0.25) is 0 Å². The number of hydrogen-bond acceptors (Lipinski definition) is 6. The molecule has 0 aliphatic carbocycles. The molecule has 1 unspecified atom stereocenters. The first-order valence-corrected chi connectivity index (χ1v) is 34.4. The summed E-state index contributed by atoms with van der Waals surface area (Å²) in [4.78, 5) is 38.4. The molecule has 0 saturated carbocycles. The van der Waals surface area contributed by atoms with E-state index in [0.717, 1.165) is 116 Å². The minimum Gasteiger partial charge on any atom is -0.462 e. The van der Waals surface area contributed by atoms with Crippen molar-refractivity contribution < 1.29 is 28.6 Å². The number of hydrogen-bond donors (Lipinski definition) is 0. The highest BCUT2D eigenvalue weighted by Crippen LogP contribution is 2.17. The molecule has 6 heteroatoms. The van der Waals surface area contributed by atoms with Crippen molar-refractivity contribution in [1.29, 1.82) is 0 Å². The summed E-state index contributed by atoms with van der Waals surface area (Å²) in [5.74, 6) is -0.909. The Bertz CT molecular complexity index is 1620. The minimum atomic E-state index is -0.794. The van der Waals surface area contributed by atoms with Crippen LogP contribution in [0.2, 0.25) is 0 Å². The van der Waals surface area contributed by atoms with Crippen molar-refractivity contribution in [2.24, 2.45) is 0 Å². The number of carbonyl (C=O) groups is 3. The molecule has 81 heavy (non-hydrogen) atoms. The number of rotatable bonds is 62. The fraction of sp³-hybridized carbons (Fsp3) is 0.720. The van der Waals surface area contributed by atoms with Gasteiger partial charge in [-0.3, -0.25) is 14.4 Å². The Morgan fingerprint density at radius 3 is 0.765 bits per heavy atom. The smallest absolute Gasteiger partial charge is 0.306 e. The maximum Gasteiger partial charge on any atom is 0.306 e. The summed E-state index contributed by atoms with van der Waals surface area (Å²) < 4.78 is 16.9. The van der Waals surface area contributed by atoms with Crippen LogP contribution in [0.1, 0.15) is 329 Å². The van der Waals surface area contributed by atoms with Gasteiger partial charge in [-0.25, -0.2) is 0 Å². The van der Waals surface area contributed by atoms with Crippen LogP contribution in [0.4, 0.5) is 0 Å². The molecule has 0 aliphatic heterocycles. The number of ether oxygens (including phenoxy) is 3. The monoisotopic (exact) mass is 1120 g/mol. The van der Waals surface area contributed by atoms with Crippen molar-refractivity contribution in [3.8, 4) is 0 Å². The summed E-state index contributed by atoms with van der Waals surface area (Å²) in [5.41, 5.74) is 0. The molecule has 0 aliphatic rings. The van der Waals surface area contributed by atoms with Gasteiger partial charge in [-0.1, -0.05) is 297 Å². The second-order valence-electron chi connectivity index (χ2n) is 22.7. The normalized spacial score (nSPS) is 12.8. The van der Waals surface area contributed by atoms with Crippen LogP contribution in [0.25, 0.3) is 0 Å². The molecule has 0 bridgehead atoms. The molecule has 6 nitrogen and oxygen atoms in total. The first-order chi connectivity index (χ1) is 40.0. The van der Waals surface area contributed by atoms with Gasteiger partial charge in [0.1, 0.15) is 13.2 Å². The highest BCUT2D eigenvalue weighted by molar-refractivity contribution is 5.71. The van der Waals surface area contributed by atoms with E-state index in [-0.39, 0.29) is 31.1 Å². The summed E-state index contributed by atoms with van der Waals surface area (Å²) in [6, 6.07) is 0. The molecule has 0 N–H and O–H groups in total. The predicted molar refractivity (Wildman–Crippen MR) is 353 cm³/mol. The summed E-state index contributed by atoms with van der Waals surface area (Å²) in [5, 5.41) is 0. The topological polar surface area (TPSA) is 78.9 Å². The van der Waals surface area contributed by atoms with Gasteiger partial charge in [0.15, 0.2) is 6.10 Å². The average molecular weight is 1130 g/mol. The lowest BCUT2D eigenvalue weighted by atomic mass is 10.0. The number of unbranched alkanes of at least 4 members (excludes halogenated alkanes) is 33. The van der Waals surface area contributed by atoms with E-state index in [9.17, 15) is 14.4 Å². The van der Waals surface area contributed by atoms with Crippen LogP contribution in [0.15, 0.2) is 109 Å². The SMILES string of the molecule is CC/C=C\C/C=C\C/C=C\C/C=C\CCCCCCCCCCCCCCCCC(=O)OCC(COC(=O)CCCCC/C=C\C/C=C\C/C=C\CC)OC(=O)CCCCCCCCCCCCC/C=C\C/C=C\CCCCCCC. The van der Waals surface area contributed by atoms with Gasteiger partial charge in [-0.05, 0) is 122 Å². The molecular formula is C75H128O6. The van der Waals surface area contributed by atoms with Crippen molar-refractivity contribution in [3.05, 3.63) is 109 Å². The van der Waals surface area contributed by atoms with Crippen LogP contribution in [-0.2, 0) is 28.6 Å². The fourth-order valence-corrected chi connectivity index (χ4v) is 9.66. The zero-order valence-corrected chi connectivity index (χ0v) is 53.3. The van der Waals surface area contributed by atoms with E-state index in [1.807, 2.05) is 0 Å². The van der Waals surface area contributed by atoms with Gasteiger partial charge in [-0.2, -0.15) is 0 Å². The Morgan fingerprint density at radius 1 is 0.259 bits per heavy atom. The Labute approximate surface area is 501 Å². The van der Waals surface area contributed by atoms with E-state index in [2.05, 4.69) is 130 Å². The van der Waals surface area contributed by atoms with Crippen molar-refractivity contribution >= 4 is 17.9 Å². The number of allylic oxidation sites excluding steroid dienone is 18. The molecule has 0 fully saturated rings. The van der Waals surface area contributed by atoms with Crippen LogP contribution in [-0.4, -0.2) is 37.2 Å². The fourth-order valence-electron chi connectivity index (χ4n) is 9.66. The molecule has 0 amide bonds. The van der Waals surface area contributed by atoms with Crippen molar-refractivity contribution in [3.63, 3.8) is 0 Å². The van der Waals surface area contributed by atoms with Gasteiger partial charge in [0.05, 0.1) is 0 Å². The number of esters is 3. The molecule has 0 spiro atoms. The van der Waals surface area contributed by atoms with Crippen molar-refractivity contribution in [1.82, 2.24) is 0 Å². The Kier molecular flexibility index (Phi) is 65.2. The number of carbonyl (C=O) groups excluding carboxylic acids is 3. The minimum absolute atomic E-state index is 0.0875. The van der Waals surface area contributed by atoms with Crippen LogP contribution in [0.5, 0.6) is 0 Å². The third-order valence-corrected chi connectivity index (χ3v) is 14.7. The molecule has 1 atom stereocenters. The van der Waals surface area contributed by atoms with E-state index in [1.165, 1.54) is 173 Å². The van der Waals surface area contributed by atoms with Crippen molar-refractivity contribution in [2.75, 3.05) is 13.2 Å². The van der Waals surface area contributed by atoms with Gasteiger partial charge in [0.25, 0.3) is 0 Å². The standard InChI is InChI=1S/C75H128O6/c1-4-7-10-13-16-19-22-25-27-29-31-33-35-36-37-38-40-41-43-45-47-50-53-56-59-62-65-68-74(77)80-71-72(70-79-73(76)67-64-61-58-55-52-49-24-21-18-15-12-9-6-3)81-75(78)69-66-63-60-57-54-51-48-46-44-42-39-34-32-30-28-26-23-20-17-14-11-8-5-2/h7,9-10,12,16,18-19,21,23,25-27,30-33,49,52,72H,4-6,8,11,13-15,17,20,22,24,28-29,34-48,50-51,53-71H2,1-3H3/b10-7-,12-9-,19-16-,21-18-,26-23-,27-25-,32-30-,33-31-,52-49-. The molecule has 0 aromatic heterocycles. The average Bonchev–Trinajstić information content (AvgIpc) is 3.46. The van der Waals surface area contributed by atoms with Crippen molar-refractivity contribution in [2.45, 2.75) is 335 Å². The summed E-state index contributed by atoms with van der Waals surface area (Å²) in [6.45, 7) is 6.41. The summed E-state index contributed by atoms with van der Waals surface area (Å²) in [7, 11) is 0. The molecule has 0 aromatic carbocycles. The third-order valence-electron chi connectivity index (χ3n) is 14.7. The zero-order valence-electron chi connectivity index (χ0n) is 53.3. The Hall–Kier alpha value is -3.93. The second kappa shape index (κ2) is 68.6. The van der Waals surface area contributed by atoms with E-state index in [0.29, 0.717) is 19.3 Å². The van der Waals surface area contributed by atoms with Crippen LogP contribution >= 0.6 is 0 Å². The first kappa shape index (κ1) is 77.1. The quantitative estimate of drug-likeness (QED) is 0.0261. The van der Waals surface area contributed by atoms with Gasteiger partial charge >= 0.3 is 17.9 Å². The van der Waals surface area contributed by atoms with E-state index >= 15 is 0 Å². The molecule has 0 heterocycles. The van der Waals surface area contributed by atoms with Crippen LogP contribution in [0, 0.1) is 0 Å². The molecule has 464 valence electrons. The van der Waals surface area contributed by atoms with E-state index < -0.39 is 6.10 Å². The van der Waals surface area contributed by atoms with Gasteiger partial charge < -0.3 is 14.2 Å². The third kappa shape index (κ3) is 66.8. The summed E-state index contributed by atoms with van der Waals surface area (Å²) in [6.07, 6.45) is 94.0. The molecular weight excluding hydrogens is 997 g/mol.